The number of fused-ring (bicyclic) bond motifs is 2. The fourth-order valence-electron chi connectivity index (χ4n) is 3.27. The fraction of sp³-hybridized carbons (Fsp3) is 0.333. The summed E-state index contributed by atoms with van der Waals surface area (Å²) < 4.78 is 10.1. The Balaban J connectivity index is 1.52. The van der Waals surface area contributed by atoms with E-state index in [1.165, 1.54) is 6.04 Å². The number of nitrogens with one attached hydrogen (secondary N) is 1. The quantitative estimate of drug-likeness (QED) is 0.222. The number of H-pyrrole nitrogens is 1. The minimum Gasteiger partial charge on any atom is -0.361 e. The zero-order valence-electron chi connectivity index (χ0n) is 16.8. The highest BCUT2D eigenvalue weighted by molar-refractivity contribution is 9.11. The number of ether oxygens (including phenoxy) is 1. The molecule has 0 fully saturated rings. The van der Waals surface area contributed by atoms with Gasteiger partial charge in [-0.15, -0.1) is 0 Å². The molecule has 0 radical (unpaired) electrons. The minimum atomic E-state index is -1.07. The molecule has 0 atom stereocenters. The van der Waals surface area contributed by atoms with Crippen LogP contribution in [0.4, 0.5) is 0 Å². The Kier molecular flexibility index (Phi) is 5.97. The van der Waals surface area contributed by atoms with Gasteiger partial charge in [-0.3, -0.25) is 0 Å². The van der Waals surface area contributed by atoms with Crippen molar-refractivity contribution in [3.63, 3.8) is 0 Å². The molecule has 4 aromatic heterocycles. The van der Waals surface area contributed by atoms with Crippen LogP contribution in [0.25, 0.3) is 22.1 Å². The summed E-state index contributed by atoms with van der Waals surface area (Å²) in [5, 5.41) is 2.20. The Labute approximate surface area is 188 Å². The lowest BCUT2D eigenvalue weighted by molar-refractivity contribution is 0.0899. The van der Waals surface area contributed by atoms with Gasteiger partial charge in [0.15, 0.2) is 0 Å². The van der Waals surface area contributed by atoms with Crippen molar-refractivity contribution in [2.75, 3.05) is 6.61 Å². The van der Waals surface area contributed by atoms with Gasteiger partial charge < -0.3 is 14.3 Å². The van der Waals surface area contributed by atoms with Crippen molar-refractivity contribution in [1.82, 2.24) is 19.5 Å². The molecule has 0 saturated carbocycles. The van der Waals surface area contributed by atoms with Crippen molar-refractivity contribution in [2.24, 2.45) is 0 Å². The molecular formula is C21H24Br2N4OSi. The maximum absolute atomic E-state index is 5.90. The van der Waals surface area contributed by atoms with E-state index < -0.39 is 8.07 Å². The van der Waals surface area contributed by atoms with Crippen LogP contribution < -0.4 is 0 Å². The van der Waals surface area contributed by atoms with Crippen LogP contribution in [0.3, 0.4) is 0 Å². The van der Waals surface area contributed by atoms with Gasteiger partial charge in [-0.05, 0) is 61.7 Å². The van der Waals surface area contributed by atoms with Gasteiger partial charge in [-0.1, -0.05) is 19.6 Å². The number of nitrogens with zero attached hydrogens (tertiary/aromatic N) is 3. The summed E-state index contributed by atoms with van der Waals surface area (Å²) >= 11 is 7.38. The van der Waals surface area contributed by atoms with Gasteiger partial charge in [-0.2, -0.15) is 0 Å². The molecule has 152 valence electrons. The Hall–Kier alpha value is -1.48. The number of hydrogen-bond donors (Lipinski definition) is 1. The molecule has 0 spiro atoms. The molecule has 4 heterocycles. The summed E-state index contributed by atoms with van der Waals surface area (Å²) in [6.07, 6.45) is 6.54. The molecule has 0 unspecified atom stereocenters. The highest BCUT2D eigenvalue weighted by atomic mass is 79.9. The van der Waals surface area contributed by atoms with Crippen LogP contribution in [0.5, 0.6) is 0 Å². The summed E-state index contributed by atoms with van der Waals surface area (Å²) in [6, 6.07) is 7.36. The van der Waals surface area contributed by atoms with Gasteiger partial charge in [0.25, 0.3) is 0 Å². The molecule has 0 aliphatic rings. The van der Waals surface area contributed by atoms with Crippen LogP contribution in [0.2, 0.25) is 25.7 Å². The van der Waals surface area contributed by atoms with Gasteiger partial charge in [0.1, 0.15) is 18.0 Å². The van der Waals surface area contributed by atoms with Crippen LogP contribution >= 0.6 is 31.9 Å². The normalized spacial score (nSPS) is 12.3. The molecule has 4 rings (SSSR count). The predicted octanol–water partition coefficient (Wildman–Crippen LogP) is 6.34. The lowest BCUT2D eigenvalue weighted by Gasteiger charge is -2.15. The second-order valence-corrected chi connectivity index (χ2v) is 15.8. The Bertz CT molecular complexity index is 1160. The summed E-state index contributed by atoms with van der Waals surface area (Å²) in [7, 11) is -1.07. The third kappa shape index (κ3) is 4.65. The summed E-state index contributed by atoms with van der Waals surface area (Å²) in [6.45, 7) is 8.43. The molecule has 4 aromatic rings. The lowest BCUT2D eigenvalue weighted by atomic mass is 10.1. The standard InChI is InChI=1S/C21H24Br2N4OSi/c1-29(2,3)9-8-28-13-27-7-5-16-19(23)14(12-25-21(16)27)10-15-11-17-18(22)4-6-24-20(17)26-15/h4-7,11-12H,8-10,13H2,1-3H3,(H,24,26). The van der Waals surface area contributed by atoms with Crippen LogP contribution in [0.15, 0.2) is 45.7 Å². The molecule has 0 saturated heterocycles. The lowest BCUT2D eigenvalue weighted by Crippen LogP contribution is -2.22. The van der Waals surface area contributed by atoms with E-state index in [1.807, 2.05) is 18.5 Å². The average Bonchev–Trinajstić information content (AvgIpc) is 3.25. The number of rotatable bonds is 7. The smallest absolute Gasteiger partial charge is 0.142 e. The third-order valence-electron chi connectivity index (χ3n) is 4.94. The highest BCUT2D eigenvalue weighted by Crippen LogP contribution is 2.30. The number of aromatic amines is 1. The molecule has 1 N–H and O–H groups in total. The maximum atomic E-state index is 5.90. The van der Waals surface area contributed by atoms with E-state index in [1.54, 1.807) is 6.20 Å². The summed E-state index contributed by atoms with van der Waals surface area (Å²) in [5.74, 6) is 0. The molecule has 0 bridgehead atoms. The van der Waals surface area contributed by atoms with Gasteiger partial charge in [0.05, 0.1) is 0 Å². The molecule has 0 aromatic carbocycles. The Morgan fingerprint density at radius 3 is 2.72 bits per heavy atom. The summed E-state index contributed by atoms with van der Waals surface area (Å²) in [4.78, 5) is 12.5. The second-order valence-electron chi connectivity index (χ2n) is 8.49. The average molecular weight is 536 g/mol. The van der Waals surface area contributed by atoms with E-state index in [9.17, 15) is 0 Å². The summed E-state index contributed by atoms with van der Waals surface area (Å²) in [5.41, 5.74) is 4.07. The largest absolute Gasteiger partial charge is 0.361 e. The molecule has 8 heteroatoms. The fourth-order valence-corrected chi connectivity index (χ4v) is 5.00. The van der Waals surface area contributed by atoms with E-state index in [0.29, 0.717) is 6.73 Å². The van der Waals surface area contributed by atoms with Crippen molar-refractivity contribution in [2.45, 2.75) is 38.8 Å². The third-order valence-corrected chi connectivity index (χ3v) is 8.27. The van der Waals surface area contributed by atoms with Crippen LogP contribution in [-0.2, 0) is 17.9 Å². The van der Waals surface area contributed by atoms with Crippen molar-refractivity contribution in [3.05, 3.63) is 57.0 Å². The number of aromatic nitrogens is 4. The van der Waals surface area contributed by atoms with E-state index >= 15 is 0 Å². The van der Waals surface area contributed by atoms with Gasteiger partial charge in [-0.25, -0.2) is 9.97 Å². The van der Waals surface area contributed by atoms with E-state index in [2.05, 4.69) is 78.2 Å². The van der Waals surface area contributed by atoms with E-state index in [0.717, 1.165) is 55.3 Å². The first-order chi connectivity index (χ1) is 13.8. The molecule has 0 aliphatic carbocycles. The number of hydrogen-bond acceptors (Lipinski definition) is 3. The maximum Gasteiger partial charge on any atom is 0.142 e. The van der Waals surface area contributed by atoms with Gasteiger partial charge in [0.2, 0.25) is 0 Å². The highest BCUT2D eigenvalue weighted by Gasteiger charge is 2.14. The van der Waals surface area contributed by atoms with Crippen molar-refractivity contribution in [1.29, 1.82) is 0 Å². The van der Waals surface area contributed by atoms with Crippen LogP contribution in [0.1, 0.15) is 11.3 Å². The van der Waals surface area contributed by atoms with Gasteiger partial charge in [0, 0.05) is 65.1 Å². The number of pyridine rings is 2. The Morgan fingerprint density at radius 1 is 1.14 bits per heavy atom. The minimum absolute atomic E-state index is 0.536. The number of halogens is 2. The second kappa shape index (κ2) is 8.33. The molecule has 0 amide bonds. The zero-order valence-corrected chi connectivity index (χ0v) is 21.0. The SMILES string of the molecule is C[Si](C)(C)CCOCn1ccc2c(Br)c(Cc3cc4c(Br)ccnc4[nH]3)cnc21. The van der Waals surface area contributed by atoms with Crippen LogP contribution in [0, 0.1) is 0 Å². The monoisotopic (exact) mass is 534 g/mol. The van der Waals surface area contributed by atoms with Crippen LogP contribution in [-0.4, -0.2) is 34.2 Å². The first-order valence-electron chi connectivity index (χ1n) is 9.64. The van der Waals surface area contributed by atoms with Crippen molar-refractivity contribution < 1.29 is 4.74 Å². The molecular weight excluding hydrogens is 512 g/mol. The topological polar surface area (TPSA) is 55.7 Å². The van der Waals surface area contributed by atoms with Crippen molar-refractivity contribution >= 4 is 62.0 Å². The predicted molar refractivity (Wildman–Crippen MR) is 128 cm³/mol. The Morgan fingerprint density at radius 2 is 1.97 bits per heavy atom. The van der Waals surface area contributed by atoms with Crippen molar-refractivity contribution in [3.8, 4) is 0 Å². The van der Waals surface area contributed by atoms with Gasteiger partial charge >= 0.3 is 0 Å². The molecule has 29 heavy (non-hydrogen) atoms. The zero-order chi connectivity index (χ0) is 20.6. The van der Waals surface area contributed by atoms with E-state index in [-0.39, 0.29) is 0 Å². The molecule has 0 aliphatic heterocycles. The van der Waals surface area contributed by atoms with E-state index in [4.69, 9.17) is 9.72 Å². The first kappa shape index (κ1) is 20.8. The molecule has 5 nitrogen and oxygen atoms in total. The first-order valence-corrected chi connectivity index (χ1v) is 14.9.